The highest BCUT2D eigenvalue weighted by atomic mass is 32.2. The van der Waals surface area contributed by atoms with Crippen molar-refractivity contribution in [3.63, 3.8) is 0 Å². The largest absolute Gasteiger partial charge is 0.348 e. The summed E-state index contributed by atoms with van der Waals surface area (Å²) in [4.78, 5) is 14.9. The molecule has 0 saturated carbocycles. The summed E-state index contributed by atoms with van der Waals surface area (Å²) in [5, 5.41) is 3.14. The third-order valence-electron chi connectivity index (χ3n) is 5.19. The monoisotopic (exact) mass is 415 g/mol. The maximum Gasteiger partial charge on any atom is 0.243 e. The van der Waals surface area contributed by atoms with Gasteiger partial charge in [-0.1, -0.05) is 61.9 Å². The average Bonchev–Trinajstić information content (AvgIpc) is 2.75. The molecule has 1 N–H and O–H groups in total. The van der Waals surface area contributed by atoms with Crippen molar-refractivity contribution in [1.29, 1.82) is 0 Å². The van der Waals surface area contributed by atoms with Crippen molar-refractivity contribution < 1.29 is 13.2 Å². The van der Waals surface area contributed by atoms with E-state index >= 15 is 0 Å². The lowest BCUT2D eigenvalue weighted by molar-refractivity contribution is -0.123. The molecule has 1 atom stereocenters. The zero-order chi connectivity index (χ0) is 20.7. The van der Waals surface area contributed by atoms with Crippen LogP contribution in [0.25, 0.3) is 0 Å². The van der Waals surface area contributed by atoms with E-state index in [1.807, 2.05) is 35.2 Å². The Morgan fingerprint density at radius 1 is 0.966 bits per heavy atom. The molecule has 3 rings (SSSR count). The number of sulfonamides is 1. The average molecular weight is 416 g/mol. The van der Waals surface area contributed by atoms with Gasteiger partial charge in [-0.15, -0.1) is 0 Å². The fourth-order valence-electron chi connectivity index (χ4n) is 3.61. The quantitative estimate of drug-likeness (QED) is 0.720. The molecule has 0 radical (unpaired) electrons. The van der Waals surface area contributed by atoms with E-state index in [0.29, 0.717) is 31.1 Å². The predicted octanol–water partition coefficient (Wildman–Crippen LogP) is 2.65. The van der Waals surface area contributed by atoms with Crippen molar-refractivity contribution in [2.24, 2.45) is 0 Å². The van der Waals surface area contributed by atoms with E-state index in [1.165, 1.54) is 4.31 Å². The second-order valence-corrected chi connectivity index (χ2v) is 9.25. The predicted molar refractivity (Wildman–Crippen MR) is 114 cm³/mol. The Labute approximate surface area is 173 Å². The molecule has 1 aliphatic heterocycles. The molecule has 0 aliphatic carbocycles. The first-order valence-electron chi connectivity index (χ1n) is 10.1. The molecule has 6 nitrogen and oxygen atoms in total. The van der Waals surface area contributed by atoms with E-state index < -0.39 is 10.0 Å². The summed E-state index contributed by atoms with van der Waals surface area (Å²) >= 11 is 0. The number of hydrogen-bond acceptors (Lipinski definition) is 4. The molecule has 29 heavy (non-hydrogen) atoms. The molecular weight excluding hydrogens is 386 g/mol. The molecule has 1 aliphatic rings. The van der Waals surface area contributed by atoms with Gasteiger partial charge >= 0.3 is 0 Å². The first-order valence-corrected chi connectivity index (χ1v) is 11.6. The van der Waals surface area contributed by atoms with Crippen LogP contribution in [0.2, 0.25) is 0 Å². The SMILES string of the molecule is CCC[C@H](NC(=O)CN1CCN(S(=O)(=O)c2ccccc2)CC1)c1ccccc1. The number of nitrogens with one attached hydrogen (secondary N) is 1. The first-order chi connectivity index (χ1) is 14.0. The Balaban J connectivity index is 1.53. The van der Waals surface area contributed by atoms with Crippen LogP contribution < -0.4 is 5.32 Å². The lowest BCUT2D eigenvalue weighted by atomic mass is 10.0. The van der Waals surface area contributed by atoms with Crippen molar-refractivity contribution in [2.45, 2.75) is 30.7 Å². The first kappa shape index (κ1) is 21.5. The summed E-state index contributed by atoms with van der Waals surface area (Å²) < 4.78 is 26.9. The molecule has 2 aromatic rings. The lowest BCUT2D eigenvalue weighted by Gasteiger charge is -2.33. The highest BCUT2D eigenvalue weighted by Gasteiger charge is 2.29. The standard InChI is InChI=1S/C22H29N3O3S/c1-2-9-21(19-10-5-3-6-11-19)23-22(26)18-24-14-16-25(17-15-24)29(27,28)20-12-7-4-8-13-20/h3-8,10-13,21H,2,9,14-18H2,1H3,(H,23,26)/t21-/m0/s1. The molecule has 0 bridgehead atoms. The van der Waals surface area contributed by atoms with Crippen LogP contribution in [0.1, 0.15) is 31.4 Å². The maximum atomic E-state index is 12.7. The molecule has 1 saturated heterocycles. The molecule has 1 heterocycles. The van der Waals surface area contributed by atoms with Crippen molar-refractivity contribution in [3.8, 4) is 0 Å². The third-order valence-corrected chi connectivity index (χ3v) is 7.11. The smallest absolute Gasteiger partial charge is 0.243 e. The van der Waals surface area contributed by atoms with Crippen molar-refractivity contribution in [1.82, 2.24) is 14.5 Å². The van der Waals surface area contributed by atoms with Gasteiger partial charge in [-0.3, -0.25) is 9.69 Å². The van der Waals surface area contributed by atoms with Crippen LogP contribution in [0.5, 0.6) is 0 Å². The van der Waals surface area contributed by atoms with Gasteiger partial charge in [-0.2, -0.15) is 4.31 Å². The van der Waals surface area contributed by atoms with Gasteiger partial charge in [0.2, 0.25) is 15.9 Å². The van der Waals surface area contributed by atoms with E-state index in [4.69, 9.17) is 0 Å². The maximum absolute atomic E-state index is 12.7. The molecule has 2 aromatic carbocycles. The second-order valence-electron chi connectivity index (χ2n) is 7.31. The topological polar surface area (TPSA) is 69.7 Å². The third kappa shape index (κ3) is 5.65. The Morgan fingerprint density at radius 2 is 1.55 bits per heavy atom. The molecule has 0 spiro atoms. The Bertz CT molecular complexity index is 880. The van der Waals surface area contributed by atoms with Crippen molar-refractivity contribution >= 4 is 15.9 Å². The van der Waals surface area contributed by atoms with E-state index in [2.05, 4.69) is 12.2 Å². The van der Waals surface area contributed by atoms with Gasteiger partial charge in [0.25, 0.3) is 0 Å². The second kappa shape index (κ2) is 10.0. The van der Waals surface area contributed by atoms with E-state index in [9.17, 15) is 13.2 Å². The summed E-state index contributed by atoms with van der Waals surface area (Å²) in [6.07, 6.45) is 1.87. The number of hydrogen-bond donors (Lipinski definition) is 1. The Morgan fingerprint density at radius 3 is 2.14 bits per heavy atom. The molecule has 0 unspecified atom stereocenters. The molecule has 7 heteroatoms. The summed E-state index contributed by atoms with van der Waals surface area (Å²) in [7, 11) is -3.47. The van der Waals surface area contributed by atoms with Gasteiger partial charge in [0.05, 0.1) is 17.5 Å². The summed E-state index contributed by atoms with van der Waals surface area (Å²) in [5.41, 5.74) is 1.11. The number of carbonyl (C=O) groups excluding carboxylic acids is 1. The van der Waals surface area contributed by atoms with Crippen LogP contribution in [0.15, 0.2) is 65.6 Å². The number of piperazine rings is 1. The minimum atomic E-state index is -3.47. The normalized spacial score (nSPS) is 17.0. The van der Waals surface area contributed by atoms with Gasteiger partial charge in [0.1, 0.15) is 0 Å². The fraction of sp³-hybridized carbons (Fsp3) is 0.409. The molecule has 1 amide bonds. The summed E-state index contributed by atoms with van der Waals surface area (Å²) in [5.74, 6) is -0.0216. The van der Waals surface area contributed by atoms with Crippen LogP contribution in [0, 0.1) is 0 Å². The number of nitrogens with zero attached hydrogens (tertiary/aromatic N) is 2. The molecule has 0 aromatic heterocycles. The van der Waals surface area contributed by atoms with Crippen molar-refractivity contribution in [3.05, 3.63) is 66.2 Å². The number of benzene rings is 2. The highest BCUT2D eigenvalue weighted by Crippen LogP contribution is 2.19. The molecular formula is C22H29N3O3S. The molecule has 156 valence electrons. The lowest BCUT2D eigenvalue weighted by Crippen LogP contribution is -2.51. The van der Waals surface area contributed by atoms with Crippen molar-refractivity contribution in [2.75, 3.05) is 32.7 Å². The number of amides is 1. The molecule has 1 fully saturated rings. The minimum Gasteiger partial charge on any atom is -0.348 e. The van der Waals surface area contributed by atoms with Gasteiger partial charge in [-0.05, 0) is 24.1 Å². The fourth-order valence-corrected chi connectivity index (χ4v) is 5.05. The van der Waals surface area contributed by atoms with Gasteiger partial charge < -0.3 is 5.32 Å². The van der Waals surface area contributed by atoms with E-state index in [0.717, 1.165) is 18.4 Å². The van der Waals surface area contributed by atoms with Crippen LogP contribution in [-0.2, 0) is 14.8 Å². The number of rotatable bonds is 8. The summed E-state index contributed by atoms with van der Waals surface area (Å²) in [6, 6.07) is 18.5. The van der Waals surface area contributed by atoms with Gasteiger partial charge in [0, 0.05) is 26.2 Å². The Kier molecular flexibility index (Phi) is 7.41. The summed E-state index contributed by atoms with van der Waals surface area (Å²) in [6.45, 7) is 4.26. The Hall–Kier alpha value is -2.22. The zero-order valence-corrected chi connectivity index (χ0v) is 17.6. The van der Waals surface area contributed by atoms with Crippen LogP contribution in [0.4, 0.5) is 0 Å². The van der Waals surface area contributed by atoms with Crippen LogP contribution in [-0.4, -0.2) is 56.3 Å². The minimum absolute atomic E-state index is 0.00782. The zero-order valence-electron chi connectivity index (χ0n) is 16.8. The van der Waals surface area contributed by atoms with Crippen LogP contribution in [0.3, 0.4) is 0 Å². The van der Waals surface area contributed by atoms with Gasteiger partial charge in [-0.25, -0.2) is 8.42 Å². The van der Waals surface area contributed by atoms with E-state index in [1.54, 1.807) is 30.3 Å². The highest BCUT2D eigenvalue weighted by molar-refractivity contribution is 7.89. The number of carbonyl (C=O) groups is 1. The van der Waals surface area contributed by atoms with Gasteiger partial charge in [0.15, 0.2) is 0 Å². The van der Waals surface area contributed by atoms with E-state index in [-0.39, 0.29) is 18.5 Å². The van der Waals surface area contributed by atoms with Crippen LogP contribution >= 0.6 is 0 Å².